The van der Waals surface area contributed by atoms with Gasteiger partial charge in [-0.15, -0.1) is 0 Å². The fourth-order valence-electron chi connectivity index (χ4n) is 1.82. The van der Waals surface area contributed by atoms with Crippen LogP contribution in [-0.4, -0.2) is 39.0 Å². The Labute approximate surface area is 114 Å². The van der Waals surface area contributed by atoms with Gasteiger partial charge >= 0.3 is 11.9 Å². The van der Waals surface area contributed by atoms with Crippen LogP contribution in [-0.2, 0) is 11.3 Å². The van der Waals surface area contributed by atoms with Gasteiger partial charge in [0.15, 0.2) is 5.69 Å². The Morgan fingerprint density at radius 1 is 1.25 bits per heavy atom. The molecule has 104 valence electrons. The molecule has 7 heteroatoms. The average molecular weight is 276 g/mol. The Morgan fingerprint density at radius 3 is 2.55 bits per heavy atom. The first-order chi connectivity index (χ1) is 9.54. The summed E-state index contributed by atoms with van der Waals surface area (Å²) < 4.78 is 6.26. The molecular formula is C13H12N2O5. The molecular weight excluding hydrogens is 264 g/mol. The molecule has 0 aliphatic heterocycles. The number of para-hydroxylation sites is 1. The number of aromatic carboxylic acids is 2. The summed E-state index contributed by atoms with van der Waals surface area (Å²) in [5.74, 6) is -2.30. The molecule has 20 heavy (non-hydrogen) atoms. The van der Waals surface area contributed by atoms with E-state index in [1.54, 1.807) is 18.2 Å². The highest BCUT2D eigenvalue weighted by atomic mass is 16.5. The summed E-state index contributed by atoms with van der Waals surface area (Å²) in [5, 5.41) is 22.1. The van der Waals surface area contributed by atoms with E-state index >= 15 is 0 Å². The number of carboxylic acid groups (broad SMARTS) is 2. The molecule has 2 aromatic rings. The Morgan fingerprint density at radius 2 is 1.95 bits per heavy atom. The molecule has 0 fully saturated rings. The second-order valence-corrected chi connectivity index (χ2v) is 3.99. The van der Waals surface area contributed by atoms with Crippen molar-refractivity contribution in [2.75, 3.05) is 7.11 Å². The van der Waals surface area contributed by atoms with Crippen LogP contribution in [0.3, 0.4) is 0 Å². The predicted octanol–water partition coefficient (Wildman–Crippen LogP) is 1.42. The zero-order chi connectivity index (χ0) is 14.7. The third-order valence-electron chi connectivity index (χ3n) is 2.66. The number of nitrogens with zero attached hydrogens (tertiary/aromatic N) is 2. The largest absolute Gasteiger partial charge is 0.478 e. The maximum Gasteiger partial charge on any atom is 0.356 e. The van der Waals surface area contributed by atoms with E-state index < -0.39 is 11.9 Å². The molecule has 2 N–H and O–H groups in total. The van der Waals surface area contributed by atoms with Crippen LogP contribution in [0.4, 0.5) is 0 Å². The van der Waals surface area contributed by atoms with E-state index in [0.29, 0.717) is 11.4 Å². The third-order valence-corrected chi connectivity index (χ3v) is 2.66. The van der Waals surface area contributed by atoms with Crippen molar-refractivity contribution in [3.8, 4) is 5.69 Å². The number of rotatable bonds is 5. The van der Waals surface area contributed by atoms with Gasteiger partial charge in [-0.3, -0.25) is 0 Å². The highest BCUT2D eigenvalue weighted by Crippen LogP contribution is 2.18. The van der Waals surface area contributed by atoms with Crippen molar-refractivity contribution in [2.24, 2.45) is 0 Å². The van der Waals surface area contributed by atoms with Gasteiger partial charge in [-0.05, 0) is 18.2 Å². The molecule has 0 atom stereocenters. The van der Waals surface area contributed by atoms with Crippen LogP contribution >= 0.6 is 0 Å². The molecule has 1 aromatic heterocycles. The molecule has 0 bridgehead atoms. The first kappa shape index (κ1) is 13.8. The van der Waals surface area contributed by atoms with Crippen molar-refractivity contribution in [3.05, 3.63) is 47.3 Å². The van der Waals surface area contributed by atoms with E-state index in [1.165, 1.54) is 23.9 Å². The van der Waals surface area contributed by atoms with Crippen molar-refractivity contribution >= 4 is 11.9 Å². The van der Waals surface area contributed by atoms with Crippen LogP contribution in [0, 0.1) is 0 Å². The lowest BCUT2D eigenvalue weighted by molar-refractivity contribution is 0.0684. The highest BCUT2D eigenvalue weighted by molar-refractivity contribution is 5.92. The Hall–Kier alpha value is -2.67. The van der Waals surface area contributed by atoms with Gasteiger partial charge in [-0.2, -0.15) is 5.10 Å². The number of methoxy groups -OCH3 is 1. The fraction of sp³-hybridized carbons (Fsp3) is 0.154. The van der Waals surface area contributed by atoms with E-state index in [-0.39, 0.29) is 17.9 Å². The Balaban J connectivity index is 2.62. The van der Waals surface area contributed by atoms with Crippen molar-refractivity contribution < 1.29 is 24.5 Å². The van der Waals surface area contributed by atoms with Gasteiger partial charge in [0.2, 0.25) is 0 Å². The number of hydrogen-bond donors (Lipinski definition) is 2. The summed E-state index contributed by atoms with van der Waals surface area (Å²) in [6.45, 7) is 0.119. The summed E-state index contributed by atoms with van der Waals surface area (Å²) in [6.07, 6.45) is 0. The first-order valence-electron chi connectivity index (χ1n) is 5.68. The molecule has 1 heterocycles. The van der Waals surface area contributed by atoms with Crippen molar-refractivity contribution in [2.45, 2.75) is 6.61 Å². The first-order valence-corrected chi connectivity index (χ1v) is 5.68. The SMILES string of the molecule is COCc1cc(C(=O)O)nn1-c1ccccc1C(=O)O. The third kappa shape index (κ3) is 2.52. The van der Waals surface area contributed by atoms with E-state index in [0.717, 1.165) is 0 Å². The monoisotopic (exact) mass is 276 g/mol. The van der Waals surface area contributed by atoms with Crippen LogP contribution < -0.4 is 0 Å². The van der Waals surface area contributed by atoms with Crippen LogP contribution in [0.1, 0.15) is 26.5 Å². The Kier molecular flexibility index (Phi) is 3.81. The summed E-state index contributed by atoms with van der Waals surface area (Å²) in [5.41, 5.74) is 0.611. The van der Waals surface area contributed by atoms with Gasteiger partial charge < -0.3 is 14.9 Å². The number of benzene rings is 1. The van der Waals surface area contributed by atoms with E-state index in [1.807, 2.05) is 0 Å². The maximum absolute atomic E-state index is 11.2. The zero-order valence-electron chi connectivity index (χ0n) is 10.6. The van der Waals surface area contributed by atoms with Crippen molar-refractivity contribution in [1.29, 1.82) is 0 Å². The minimum absolute atomic E-state index is 0.0323. The number of aromatic nitrogens is 2. The Bertz CT molecular complexity index is 663. The molecule has 2 rings (SSSR count). The van der Waals surface area contributed by atoms with Gasteiger partial charge in [-0.25, -0.2) is 14.3 Å². The smallest absolute Gasteiger partial charge is 0.356 e. The van der Waals surface area contributed by atoms with Gasteiger partial charge in [0.1, 0.15) is 0 Å². The predicted molar refractivity (Wildman–Crippen MR) is 68.2 cm³/mol. The van der Waals surface area contributed by atoms with Crippen LogP contribution in [0.25, 0.3) is 5.69 Å². The molecule has 7 nitrogen and oxygen atoms in total. The lowest BCUT2D eigenvalue weighted by Crippen LogP contribution is -2.10. The van der Waals surface area contributed by atoms with E-state index in [4.69, 9.17) is 9.84 Å². The van der Waals surface area contributed by atoms with E-state index in [9.17, 15) is 14.7 Å². The molecule has 0 saturated heterocycles. The minimum atomic E-state index is -1.19. The minimum Gasteiger partial charge on any atom is -0.478 e. The molecule has 0 unspecified atom stereocenters. The van der Waals surface area contributed by atoms with Crippen LogP contribution in [0.5, 0.6) is 0 Å². The molecule has 0 saturated carbocycles. The summed E-state index contributed by atoms with van der Waals surface area (Å²) in [6, 6.07) is 7.58. The van der Waals surface area contributed by atoms with Crippen LogP contribution in [0.2, 0.25) is 0 Å². The van der Waals surface area contributed by atoms with E-state index in [2.05, 4.69) is 5.10 Å². The fourth-order valence-corrected chi connectivity index (χ4v) is 1.82. The lowest BCUT2D eigenvalue weighted by Gasteiger charge is -2.09. The molecule has 0 spiro atoms. The molecule has 0 radical (unpaired) electrons. The summed E-state index contributed by atoms with van der Waals surface area (Å²) >= 11 is 0. The second-order valence-electron chi connectivity index (χ2n) is 3.99. The summed E-state index contributed by atoms with van der Waals surface area (Å²) in [7, 11) is 1.46. The topological polar surface area (TPSA) is 102 Å². The molecule has 0 aliphatic carbocycles. The van der Waals surface area contributed by atoms with Gasteiger partial charge in [0, 0.05) is 7.11 Å². The van der Waals surface area contributed by atoms with Crippen LogP contribution in [0.15, 0.2) is 30.3 Å². The number of ether oxygens (including phenoxy) is 1. The summed E-state index contributed by atoms with van der Waals surface area (Å²) in [4.78, 5) is 22.2. The quantitative estimate of drug-likeness (QED) is 0.856. The number of carbonyl (C=O) groups is 2. The number of carboxylic acids is 2. The maximum atomic E-state index is 11.2. The van der Waals surface area contributed by atoms with Crippen molar-refractivity contribution in [3.63, 3.8) is 0 Å². The number of hydrogen-bond acceptors (Lipinski definition) is 4. The molecule has 0 aliphatic rings. The standard InChI is InChI=1S/C13H12N2O5/c1-20-7-8-6-10(13(18)19)14-15(8)11-5-3-2-4-9(11)12(16)17/h2-6H,7H2,1H3,(H,16,17)(H,18,19). The molecule has 1 aromatic carbocycles. The molecule has 0 amide bonds. The van der Waals surface area contributed by atoms with Gasteiger partial charge in [0.05, 0.1) is 23.6 Å². The highest BCUT2D eigenvalue weighted by Gasteiger charge is 2.18. The normalized spacial score (nSPS) is 10.4. The van der Waals surface area contributed by atoms with Gasteiger partial charge in [0.25, 0.3) is 0 Å². The average Bonchev–Trinajstić information content (AvgIpc) is 2.83. The van der Waals surface area contributed by atoms with Gasteiger partial charge in [-0.1, -0.05) is 12.1 Å². The lowest BCUT2D eigenvalue weighted by atomic mass is 10.2. The second kappa shape index (κ2) is 5.54. The zero-order valence-corrected chi connectivity index (χ0v) is 10.6. The van der Waals surface area contributed by atoms with Crippen molar-refractivity contribution in [1.82, 2.24) is 9.78 Å².